The Kier molecular flexibility index (Phi) is 4.30. The fraction of sp³-hybridized carbons (Fsp3) is 0.222. The lowest BCUT2D eigenvalue weighted by Gasteiger charge is -2.16. The molecule has 23 heavy (non-hydrogen) atoms. The van der Waals surface area contributed by atoms with Crippen molar-refractivity contribution < 1.29 is 9.53 Å². The van der Waals surface area contributed by atoms with Gasteiger partial charge in [0.15, 0.2) is 0 Å². The maximum atomic E-state index is 12.6. The molecule has 118 valence electrons. The Balaban J connectivity index is 1.84. The summed E-state index contributed by atoms with van der Waals surface area (Å²) in [5.41, 5.74) is 2.46. The first-order valence-corrected chi connectivity index (χ1v) is 8.19. The molecule has 2 aromatic heterocycles. The van der Waals surface area contributed by atoms with Gasteiger partial charge in [-0.05, 0) is 48.2 Å². The number of fused-ring (bicyclic) bond motifs is 1. The van der Waals surface area contributed by atoms with Gasteiger partial charge < -0.3 is 9.64 Å². The third-order valence-electron chi connectivity index (χ3n) is 3.81. The van der Waals surface area contributed by atoms with E-state index in [2.05, 4.69) is 18.0 Å². The van der Waals surface area contributed by atoms with E-state index in [0.717, 1.165) is 16.7 Å². The lowest BCUT2D eigenvalue weighted by Crippen LogP contribution is -2.26. The van der Waals surface area contributed by atoms with Gasteiger partial charge in [-0.25, -0.2) is 4.98 Å². The number of hydrogen-bond donors (Lipinski definition) is 0. The molecule has 0 fully saturated rings. The zero-order valence-electron chi connectivity index (χ0n) is 13.4. The molecule has 1 amide bonds. The molecule has 0 radical (unpaired) electrons. The quantitative estimate of drug-likeness (QED) is 0.730. The Morgan fingerprint density at radius 2 is 2.09 bits per heavy atom. The van der Waals surface area contributed by atoms with Gasteiger partial charge in [-0.1, -0.05) is 6.07 Å². The van der Waals surface area contributed by atoms with Crippen LogP contribution >= 0.6 is 11.3 Å². The molecule has 0 spiro atoms. The zero-order chi connectivity index (χ0) is 16.4. The number of carbonyl (C=O) groups excluding carboxylic acids is 1. The minimum absolute atomic E-state index is 0.0736. The Morgan fingerprint density at radius 3 is 2.78 bits per heavy atom. The lowest BCUT2D eigenvalue weighted by atomic mass is 10.2. The minimum Gasteiger partial charge on any atom is -0.497 e. The zero-order valence-corrected chi connectivity index (χ0v) is 14.2. The molecule has 1 aromatic carbocycles. The topological polar surface area (TPSA) is 42.4 Å². The fourth-order valence-electron chi connectivity index (χ4n) is 2.40. The van der Waals surface area contributed by atoms with E-state index in [1.54, 1.807) is 36.5 Å². The maximum Gasteiger partial charge on any atom is 0.272 e. The van der Waals surface area contributed by atoms with E-state index in [9.17, 15) is 4.79 Å². The average molecular weight is 326 g/mol. The van der Waals surface area contributed by atoms with Gasteiger partial charge in [0.1, 0.15) is 11.4 Å². The molecule has 3 rings (SSSR count). The third-order valence-corrected chi connectivity index (χ3v) is 4.82. The largest absolute Gasteiger partial charge is 0.497 e. The van der Waals surface area contributed by atoms with Crippen molar-refractivity contribution in [2.24, 2.45) is 0 Å². The summed E-state index contributed by atoms with van der Waals surface area (Å²) >= 11 is 1.67. The molecule has 5 heteroatoms. The number of methoxy groups -OCH3 is 1. The molecule has 0 saturated carbocycles. The maximum absolute atomic E-state index is 12.6. The number of ether oxygens (including phenoxy) is 1. The van der Waals surface area contributed by atoms with E-state index in [0.29, 0.717) is 12.2 Å². The number of aromatic nitrogens is 1. The summed E-state index contributed by atoms with van der Waals surface area (Å²) in [6.07, 6.45) is 0. The van der Waals surface area contributed by atoms with E-state index in [1.807, 2.05) is 29.6 Å². The van der Waals surface area contributed by atoms with Gasteiger partial charge in [0.2, 0.25) is 0 Å². The highest BCUT2D eigenvalue weighted by molar-refractivity contribution is 7.10. The lowest BCUT2D eigenvalue weighted by molar-refractivity contribution is 0.0781. The second-order valence-corrected chi connectivity index (χ2v) is 6.44. The average Bonchev–Trinajstić information content (AvgIpc) is 2.98. The van der Waals surface area contributed by atoms with Crippen LogP contribution < -0.4 is 4.74 Å². The van der Waals surface area contributed by atoms with E-state index in [1.165, 1.54) is 10.4 Å². The van der Waals surface area contributed by atoms with Crippen molar-refractivity contribution in [3.63, 3.8) is 0 Å². The molecule has 0 N–H and O–H groups in total. The van der Waals surface area contributed by atoms with E-state index >= 15 is 0 Å². The van der Waals surface area contributed by atoms with Crippen molar-refractivity contribution in [2.45, 2.75) is 13.5 Å². The number of benzene rings is 1. The van der Waals surface area contributed by atoms with E-state index in [-0.39, 0.29) is 5.91 Å². The van der Waals surface area contributed by atoms with Crippen LogP contribution in [-0.2, 0) is 6.54 Å². The second kappa shape index (κ2) is 6.38. The minimum atomic E-state index is -0.0736. The Hall–Kier alpha value is -2.40. The van der Waals surface area contributed by atoms with Crippen molar-refractivity contribution in [3.8, 4) is 5.75 Å². The highest BCUT2D eigenvalue weighted by Crippen LogP contribution is 2.21. The SMILES string of the molecule is COc1ccc2nc(C(=O)N(C)Cc3sccc3C)ccc2c1. The molecule has 0 bridgehead atoms. The number of pyridine rings is 1. The Labute approximate surface area is 139 Å². The number of nitrogens with zero attached hydrogens (tertiary/aromatic N) is 2. The molecule has 0 aliphatic rings. The number of amides is 1. The normalized spacial score (nSPS) is 10.7. The predicted octanol–water partition coefficient (Wildman–Crippen LogP) is 3.89. The summed E-state index contributed by atoms with van der Waals surface area (Å²) in [7, 11) is 3.44. The van der Waals surface area contributed by atoms with E-state index in [4.69, 9.17) is 4.74 Å². The van der Waals surface area contributed by atoms with Gasteiger partial charge in [-0.3, -0.25) is 4.79 Å². The fourth-order valence-corrected chi connectivity index (χ4v) is 3.36. The van der Waals surface area contributed by atoms with Crippen LogP contribution in [0.2, 0.25) is 0 Å². The van der Waals surface area contributed by atoms with Gasteiger partial charge in [-0.2, -0.15) is 0 Å². The number of carbonyl (C=O) groups is 1. The van der Waals surface area contributed by atoms with Crippen molar-refractivity contribution in [3.05, 3.63) is 57.9 Å². The van der Waals surface area contributed by atoms with Gasteiger partial charge in [-0.15, -0.1) is 11.3 Å². The van der Waals surface area contributed by atoms with Crippen LogP contribution in [0.25, 0.3) is 10.9 Å². The standard InChI is InChI=1S/C18H18N2O2S/c1-12-8-9-23-17(12)11-20(2)18(21)16-6-4-13-10-14(22-3)5-7-15(13)19-16/h4-10H,11H2,1-3H3. The summed E-state index contributed by atoms with van der Waals surface area (Å²) in [6.45, 7) is 2.66. The van der Waals surface area contributed by atoms with Crippen molar-refractivity contribution in [1.29, 1.82) is 0 Å². The molecule has 0 saturated heterocycles. The number of rotatable bonds is 4. The van der Waals surface area contributed by atoms with Gasteiger partial charge in [0.05, 0.1) is 19.2 Å². The van der Waals surface area contributed by atoms with Crippen LogP contribution in [0.4, 0.5) is 0 Å². The van der Waals surface area contributed by atoms with Crippen molar-refractivity contribution in [1.82, 2.24) is 9.88 Å². The Morgan fingerprint density at radius 1 is 1.26 bits per heavy atom. The third kappa shape index (κ3) is 3.19. The van der Waals surface area contributed by atoms with Crippen LogP contribution in [-0.4, -0.2) is 29.9 Å². The molecule has 3 aromatic rings. The molecular formula is C18H18N2O2S. The van der Waals surface area contributed by atoms with Crippen LogP contribution in [0.15, 0.2) is 41.8 Å². The van der Waals surface area contributed by atoms with Crippen LogP contribution in [0.3, 0.4) is 0 Å². The summed E-state index contributed by atoms with van der Waals surface area (Å²) < 4.78 is 5.21. The highest BCUT2D eigenvalue weighted by Gasteiger charge is 2.15. The number of hydrogen-bond acceptors (Lipinski definition) is 4. The highest BCUT2D eigenvalue weighted by atomic mass is 32.1. The molecule has 0 unspecified atom stereocenters. The van der Waals surface area contributed by atoms with Crippen molar-refractivity contribution in [2.75, 3.05) is 14.2 Å². The van der Waals surface area contributed by atoms with Gasteiger partial charge in [0.25, 0.3) is 5.91 Å². The van der Waals surface area contributed by atoms with Crippen LogP contribution in [0, 0.1) is 6.92 Å². The molecule has 0 aliphatic heterocycles. The first-order chi connectivity index (χ1) is 11.1. The molecule has 2 heterocycles. The van der Waals surface area contributed by atoms with Crippen LogP contribution in [0.1, 0.15) is 20.9 Å². The predicted molar refractivity (Wildman–Crippen MR) is 93.1 cm³/mol. The summed E-state index contributed by atoms with van der Waals surface area (Å²) in [5.74, 6) is 0.708. The first-order valence-electron chi connectivity index (χ1n) is 7.31. The first kappa shape index (κ1) is 15.5. The monoisotopic (exact) mass is 326 g/mol. The summed E-state index contributed by atoms with van der Waals surface area (Å²) in [5, 5.41) is 3.00. The molecule has 0 aliphatic carbocycles. The Bertz CT molecular complexity index is 857. The second-order valence-electron chi connectivity index (χ2n) is 5.44. The van der Waals surface area contributed by atoms with E-state index < -0.39 is 0 Å². The van der Waals surface area contributed by atoms with Gasteiger partial charge >= 0.3 is 0 Å². The summed E-state index contributed by atoms with van der Waals surface area (Å²) in [6, 6.07) is 11.4. The van der Waals surface area contributed by atoms with Crippen molar-refractivity contribution >= 4 is 28.1 Å². The number of thiophene rings is 1. The molecule has 4 nitrogen and oxygen atoms in total. The molecular weight excluding hydrogens is 308 g/mol. The summed E-state index contributed by atoms with van der Waals surface area (Å²) in [4.78, 5) is 20.0. The van der Waals surface area contributed by atoms with Gasteiger partial charge in [0, 0.05) is 17.3 Å². The molecule has 0 atom stereocenters. The van der Waals surface area contributed by atoms with Crippen LogP contribution in [0.5, 0.6) is 5.75 Å². The smallest absolute Gasteiger partial charge is 0.272 e. The number of aryl methyl sites for hydroxylation is 1.